The summed E-state index contributed by atoms with van der Waals surface area (Å²) in [4.78, 5) is 13.9. The van der Waals surface area contributed by atoms with E-state index >= 15 is 0 Å². The van der Waals surface area contributed by atoms with Crippen molar-refractivity contribution in [2.24, 2.45) is 5.92 Å². The lowest BCUT2D eigenvalue weighted by molar-refractivity contribution is 0.360. The SMILES string of the molecule is C=C1CCCC[C@@H]1/C(C)=C(\CCC)C(=N)c1nc(Cl)cc(N2CCCN(C)CC2)n1. The first-order chi connectivity index (χ1) is 14.4. The van der Waals surface area contributed by atoms with Crippen LogP contribution in [0.5, 0.6) is 0 Å². The van der Waals surface area contributed by atoms with E-state index in [1.807, 2.05) is 6.07 Å². The van der Waals surface area contributed by atoms with Crippen LogP contribution in [-0.4, -0.2) is 53.8 Å². The highest BCUT2D eigenvalue weighted by Crippen LogP contribution is 2.36. The Morgan fingerprint density at radius 2 is 2.00 bits per heavy atom. The molecule has 2 heterocycles. The molecule has 5 nitrogen and oxygen atoms in total. The van der Waals surface area contributed by atoms with Crippen molar-refractivity contribution in [2.45, 2.75) is 58.8 Å². The number of aromatic nitrogens is 2. The van der Waals surface area contributed by atoms with Crippen molar-refractivity contribution in [1.29, 1.82) is 5.41 Å². The van der Waals surface area contributed by atoms with Gasteiger partial charge in [-0.1, -0.05) is 49.1 Å². The molecule has 2 aliphatic rings. The normalized spacial score (nSPS) is 21.9. The molecule has 0 bridgehead atoms. The summed E-state index contributed by atoms with van der Waals surface area (Å²) >= 11 is 6.40. The Kier molecular flexibility index (Phi) is 8.06. The van der Waals surface area contributed by atoms with Gasteiger partial charge in [-0.15, -0.1) is 0 Å². The summed E-state index contributed by atoms with van der Waals surface area (Å²) in [6.07, 6.45) is 7.62. The molecule has 1 aromatic rings. The molecular formula is C24H36ClN5. The highest BCUT2D eigenvalue weighted by Gasteiger charge is 2.24. The Morgan fingerprint density at radius 3 is 2.73 bits per heavy atom. The molecule has 164 valence electrons. The lowest BCUT2D eigenvalue weighted by atomic mass is 9.78. The van der Waals surface area contributed by atoms with E-state index in [0.717, 1.165) is 69.7 Å². The monoisotopic (exact) mass is 429 g/mol. The largest absolute Gasteiger partial charge is 0.355 e. The number of hydrogen-bond donors (Lipinski definition) is 1. The van der Waals surface area contributed by atoms with E-state index in [1.54, 1.807) is 0 Å². The number of halogens is 1. The maximum Gasteiger partial charge on any atom is 0.181 e. The number of anilines is 1. The van der Waals surface area contributed by atoms with Crippen molar-refractivity contribution in [2.75, 3.05) is 38.1 Å². The maximum absolute atomic E-state index is 8.99. The van der Waals surface area contributed by atoms with Gasteiger partial charge in [-0.25, -0.2) is 9.97 Å². The molecule has 0 radical (unpaired) electrons. The highest BCUT2D eigenvalue weighted by atomic mass is 35.5. The van der Waals surface area contributed by atoms with Gasteiger partial charge in [0.1, 0.15) is 16.7 Å². The molecule has 0 amide bonds. The molecule has 1 saturated heterocycles. The van der Waals surface area contributed by atoms with Gasteiger partial charge in [-0.2, -0.15) is 0 Å². The van der Waals surface area contributed by atoms with Crippen LogP contribution in [0, 0.1) is 11.3 Å². The van der Waals surface area contributed by atoms with Crippen LogP contribution in [0.4, 0.5) is 5.82 Å². The van der Waals surface area contributed by atoms with Crippen molar-refractivity contribution in [3.8, 4) is 0 Å². The van der Waals surface area contributed by atoms with Crippen molar-refractivity contribution in [3.63, 3.8) is 0 Å². The van der Waals surface area contributed by atoms with Crippen LogP contribution in [0.15, 0.2) is 29.4 Å². The van der Waals surface area contributed by atoms with Crippen molar-refractivity contribution in [1.82, 2.24) is 14.9 Å². The fourth-order valence-electron chi connectivity index (χ4n) is 4.67. The summed E-state index contributed by atoms with van der Waals surface area (Å²) in [6.45, 7) is 12.6. The van der Waals surface area contributed by atoms with Crippen LogP contribution in [0.1, 0.15) is 64.6 Å². The fraction of sp³-hybridized carbons (Fsp3) is 0.625. The summed E-state index contributed by atoms with van der Waals surface area (Å²) in [5, 5.41) is 9.40. The molecule has 0 spiro atoms. The van der Waals surface area contributed by atoms with Gasteiger partial charge < -0.3 is 9.80 Å². The molecule has 2 fully saturated rings. The molecule has 1 aromatic heterocycles. The van der Waals surface area contributed by atoms with E-state index in [9.17, 15) is 0 Å². The first-order valence-corrected chi connectivity index (χ1v) is 11.7. The smallest absolute Gasteiger partial charge is 0.181 e. The van der Waals surface area contributed by atoms with E-state index < -0.39 is 0 Å². The van der Waals surface area contributed by atoms with Crippen molar-refractivity contribution < 1.29 is 0 Å². The molecule has 30 heavy (non-hydrogen) atoms. The molecule has 1 aliphatic carbocycles. The Bertz CT molecular complexity index is 816. The third kappa shape index (κ3) is 5.50. The van der Waals surface area contributed by atoms with Gasteiger partial charge in [0.15, 0.2) is 5.82 Å². The number of rotatable bonds is 6. The van der Waals surface area contributed by atoms with E-state index in [2.05, 4.69) is 42.3 Å². The molecule has 1 saturated carbocycles. The van der Waals surface area contributed by atoms with Gasteiger partial charge in [-0.05, 0) is 58.2 Å². The molecule has 0 unspecified atom stereocenters. The number of hydrogen-bond acceptors (Lipinski definition) is 5. The zero-order chi connectivity index (χ0) is 21.7. The van der Waals surface area contributed by atoms with Crippen LogP contribution in [-0.2, 0) is 0 Å². The first kappa shape index (κ1) is 23.0. The Morgan fingerprint density at radius 1 is 1.20 bits per heavy atom. The molecular weight excluding hydrogens is 394 g/mol. The van der Waals surface area contributed by atoms with Crippen LogP contribution in [0.25, 0.3) is 0 Å². The van der Waals surface area contributed by atoms with Crippen LogP contribution >= 0.6 is 11.6 Å². The summed E-state index contributed by atoms with van der Waals surface area (Å²) in [5.74, 6) is 1.65. The summed E-state index contributed by atoms with van der Waals surface area (Å²) in [7, 11) is 2.15. The van der Waals surface area contributed by atoms with E-state index in [4.69, 9.17) is 22.0 Å². The van der Waals surface area contributed by atoms with Crippen LogP contribution in [0.3, 0.4) is 0 Å². The number of likely N-dealkylation sites (N-methyl/N-ethyl adjacent to an activating group) is 1. The summed E-state index contributed by atoms with van der Waals surface area (Å²) < 4.78 is 0. The molecule has 1 atom stereocenters. The number of nitrogens with one attached hydrogen (secondary N) is 1. The van der Waals surface area contributed by atoms with Gasteiger partial charge in [0.2, 0.25) is 0 Å². The molecule has 3 rings (SSSR count). The number of allylic oxidation sites excluding steroid dienone is 3. The highest BCUT2D eigenvalue weighted by molar-refractivity contribution is 6.29. The van der Waals surface area contributed by atoms with Gasteiger partial charge in [0.25, 0.3) is 0 Å². The average molecular weight is 430 g/mol. The minimum Gasteiger partial charge on any atom is -0.355 e. The fourth-order valence-corrected chi connectivity index (χ4v) is 4.85. The maximum atomic E-state index is 8.99. The van der Waals surface area contributed by atoms with Gasteiger partial charge in [0, 0.05) is 31.6 Å². The first-order valence-electron chi connectivity index (χ1n) is 11.3. The third-order valence-corrected chi connectivity index (χ3v) is 6.68. The van der Waals surface area contributed by atoms with E-state index in [-0.39, 0.29) is 0 Å². The minimum absolute atomic E-state index is 0.375. The van der Waals surface area contributed by atoms with E-state index in [1.165, 1.54) is 24.0 Å². The molecule has 1 N–H and O–H groups in total. The van der Waals surface area contributed by atoms with Crippen molar-refractivity contribution >= 4 is 23.1 Å². The molecule has 6 heteroatoms. The van der Waals surface area contributed by atoms with E-state index in [0.29, 0.717) is 22.6 Å². The second kappa shape index (κ2) is 10.5. The van der Waals surface area contributed by atoms with Gasteiger partial charge in [-0.3, -0.25) is 5.41 Å². The lowest BCUT2D eigenvalue weighted by Gasteiger charge is -2.28. The van der Waals surface area contributed by atoms with Gasteiger partial charge >= 0.3 is 0 Å². The zero-order valence-electron chi connectivity index (χ0n) is 18.8. The second-order valence-electron chi connectivity index (χ2n) is 8.76. The summed E-state index contributed by atoms with van der Waals surface area (Å²) in [6, 6.07) is 1.84. The Balaban J connectivity index is 1.92. The molecule has 0 aromatic carbocycles. The summed E-state index contributed by atoms with van der Waals surface area (Å²) in [5.41, 5.74) is 4.06. The van der Waals surface area contributed by atoms with Crippen LogP contribution in [0.2, 0.25) is 5.15 Å². The predicted octanol–water partition coefficient (Wildman–Crippen LogP) is 5.50. The zero-order valence-corrected chi connectivity index (χ0v) is 19.6. The second-order valence-corrected chi connectivity index (χ2v) is 9.15. The topological polar surface area (TPSA) is 56.1 Å². The minimum atomic E-state index is 0.375. The third-order valence-electron chi connectivity index (χ3n) is 6.48. The van der Waals surface area contributed by atoms with Crippen molar-refractivity contribution in [3.05, 3.63) is 40.3 Å². The Labute approximate surface area is 186 Å². The number of nitrogens with zero attached hydrogens (tertiary/aromatic N) is 4. The predicted molar refractivity (Wildman–Crippen MR) is 127 cm³/mol. The average Bonchev–Trinajstić information content (AvgIpc) is 2.95. The Hall–Kier alpha value is -1.72. The molecule has 1 aliphatic heterocycles. The van der Waals surface area contributed by atoms with Gasteiger partial charge in [0.05, 0.1) is 0 Å². The standard InChI is InChI=1S/C24H36ClN5/c1-5-9-20(18(3)19-11-7-6-10-17(19)2)23(26)24-27-21(25)16-22(28-24)30-13-8-12-29(4)14-15-30/h16,19,26H,2,5-15H2,1,3-4H3/b20-18+,26-23?/t19-/m0/s1. The van der Waals surface area contributed by atoms with Crippen LogP contribution < -0.4 is 4.90 Å². The quantitative estimate of drug-likeness (QED) is 0.368. The lowest BCUT2D eigenvalue weighted by Crippen LogP contribution is -2.30.